The second kappa shape index (κ2) is 8.44. The number of carbonyl (C=O) groups excluding carboxylic acids is 1. The Morgan fingerprint density at radius 2 is 2.00 bits per heavy atom. The van der Waals surface area contributed by atoms with Gasteiger partial charge < -0.3 is 15.4 Å². The maximum absolute atomic E-state index is 11.9. The summed E-state index contributed by atoms with van der Waals surface area (Å²) in [6, 6.07) is -0.400. The van der Waals surface area contributed by atoms with E-state index in [0.29, 0.717) is 18.2 Å². The van der Waals surface area contributed by atoms with Crippen LogP contribution in [0.3, 0.4) is 0 Å². The molecule has 1 unspecified atom stereocenters. The van der Waals surface area contributed by atoms with Crippen LogP contribution in [-0.4, -0.2) is 35.6 Å². The molecule has 21 heavy (non-hydrogen) atoms. The number of nitrogens with zero attached hydrogens (tertiary/aromatic N) is 2. The van der Waals surface area contributed by atoms with E-state index in [0.717, 1.165) is 24.3 Å². The van der Waals surface area contributed by atoms with E-state index < -0.39 is 6.04 Å². The highest BCUT2D eigenvalue weighted by atomic mass is 16.5. The van der Waals surface area contributed by atoms with E-state index in [-0.39, 0.29) is 5.97 Å². The van der Waals surface area contributed by atoms with Gasteiger partial charge in [-0.2, -0.15) is 0 Å². The molecular formula is C15H26N4O2. The van der Waals surface area contributed by atoms with Crippen molar-refractivity contribution < 1.29 is 9.53 Å². The molecule has 0 fully saturated rings. The lowest BCUT2D eigenvalue weighted by molar-refractivity contribution is -0.141. The Labute approximate surface area is 126 Å². The minimum Gasteiger partial charge on any atom is -0.467 e. The molecule has 1 rings (SSSR count). The summed E-state index contributed by atoms with van der Waals surface area (Å²) in [6.07, 6.45) is 3.20. The van der Waals surface area contributed by atoms with Crippen molar-refractivity contribution in [3.8, 4) is 0 Å². The minimum atomic E-state index is -0.400. The molecule has 0 aliphatic carbocycles. The lowest BCUT2D eigenvalue weighted by Crippen LogP contribution is -2.32. The molecule has 2 N–H and O–H groups in total. The molecule has 1 atom stereocenters. The lowest BCUT2D eigenvalue weighted by Gasteiger charge is -2.20. The van der Waals surface area contributed by atoms with Crippen LogP contribution >= 0.6 is 0 Å². The summed E-state index contributed by atoms with van der Waals surface area (Å²) >= 11 is 0. The predicted octanol–water partition coefficient (Wildman–Crippen LogP) is 2.61. The van der Waals surface area contributed by atoms with Crippen molar-refractivity contribution in [3.05, 3.63) is 11.9 Å². The number of methoxy groups -OCH3 is 1. The maximum atomic E-state index is 11.9. The highest BCUT2D eigenvalue weighted by Crippen LogP contribution is 2.20. The van der Waals surface area contributed by atoms with Crippen LogP contribution in [-0.2, 0) is 9.53 Å². The molecule has 0 aromatic carbocycles. The van der Waals surface area contributed by atoms with Gasteiger partial charge in [0, 0.05) is 12.1 Å². The average Bonchev–Trinajstić information content (AvgIpc) is 2.46. The first-order valence-electron chi connectivity index (χ1n) is 7.39. The molecular weight excluding hydrogens is 268 g/mol. The van der Waals surface area contributed by atoms with Gasteiger partial charge in [-0.25, -0.2) is 14.8 Å². The summed E-state index contributed by atoms with van der Waals surface area (Å²) in [6.45, 7) is 9.02. The molecule has 0 spiro atoms. The van der Waals surface area contributed by atoms with Crippen LogP contribution in [0.15, 0.2) is 6.33 Å². The number of rotatable bonds is 8. The third-order valence-electron chi connectivity index (χ3n) is 3.13. The first-order chi connectivity index (χ1) is 9.99. The Hall–Kier alpha value is -1.85. The van der Waals surface area contributed by atoms with Crippen LogP contribution in [0.4, 0.5) is 11.6 Å². The molecule has 1 aromatic rings. The van der Waals surface area contributed by atoms with E-state index in [9.17, 15) is 4.79 Å². The van der Waals surface area contributed by atoms with Crippen molar-refractivity contribution in [2.75, 3.05) is 24.3 Å². The molecule has 0 saturated heterocycles. The first kappa shape index (κ1) is 17.2. The summed E-state index contributed by atoms with van der Waals surface area (Å²) in [4.78, 5) is 20.3. The topological polar surface area (TPSA) is 76.1 Å². The van der Waals surface area contributed by atoms with Gasteiger partial charge in [0.05, 0.1) is 7.11 Å². The van der Waals surface area contributed by atoms with Gasteiger partial charge in [-0.05, 0) is 25.7 Å². The van der Waals surface area contributed by atoms with E-state index in [4.69, 9.17) is 4.74 Å². The number of anilines is 2. The highest BCUT2D eigenvalue weighted by Gasteiger charge is 2.22. The minimum absolute atomic E-state index is 0.273. The van der Waals surface area contributed by atoms with E-state index in [1.807, 2.05) is 6.92 Å². The quantitative estimate of drug-likeness (QED) is 0.718. The van der Waals surface area contributed by atoms with E-state index in [1.165, 1.54) is 13.4 Å². The van der Waals surface area contributed by atoms with Crippen molar-refractivity contribution >= 4 is 17.6 Å². The maximum Gasteiger partial charge on any atom is 0.328 e. The van der Waals surface area contributed by atoms with Gasteiger partial charge in [-0.15, -0.1) is 0 Å². The fourth-order valence-electron chi connectivity index (χ4n) is 2.01. The largest absolute Gasteiger partial charge is 0.467 e. The monoisotopic (exact) mass is 294 g/mol. The predicted molar refractivity (Wildman–Crippen MR) is 84.4 cm³/mol. The van der Waals surface area contributed by atoms with Crippen LogP contribution < -0.4 is 10.6 Å². The fourth-order valence-corrected chi connectivity index (χ4v) is 2.01. The number of carbonyl (C=O) groups is 1. The van der Waals surface area contributed by atoms with Gasteiger partial charge in [-0.3, -0.25) is 0 Å². The zero-order valence-electron chi connectivity index (χ0n) is 13.6. The number of hydrogen-bond donors (Lipinski definition) is 2. The Morgan fingerprint density at radius 1 is 1.33 bits per heavy atom. The molecule has 0 aliphatic heterocycles. The van der Waals surface area contributed by atoms with Crippen molar-refractivity contribution in [1.82, 2.24) is 9.97 Å². The summed E-state index contributed by atoms with van der Waals surface area (Å²) in [5.41, 5.74) is 0.906. The lowest BCUT2D eigenvalue weighted by atomic mass is 10.0. The molecule has 0 radical (unpaired) electrons. The molecule has 6 nitrogen and oxygen atoms in total. The number of aromatic nitrogens is 2. The van der Waals surface area contributed by atoms with Gasteiger partial charge in [0.15, 0.2) is 0 Å². The Balaban J connectivity index is 2.90. The second-order valence-corrected chi connectivity index (χ2v) is 5.47. The van der Waals surface area contributed by atoms with Crippen LogP contribution in [0.1, 0.15) is 39.2 Å². The Kier molecular flexibility index (Phi) is 6.91. The summed E-state index contributed by atoms with van der Waals surface area (Å²) < 4.78 is 4.86. The van der Waals surface area contributed by atoms with Crippen LogP contribution in [0, 0.1) is 12.8 Å². The summed E-state index contributed by atoms with van der Waals surface area (Å²) in [7, 11) is 1.40. The molecule has 0 aliphatic rings. The third-order valence-corrected chi connectivity index (χ3v) is 3.13. The zero-order chi connectivity index (χ0) is 15.8. The van der Waals surface area contributed by atoms with Gasteiger partial charge in [0.25, 0.3) is 0 Å². The first-order valence-corrected chi connectivity index (χ1v) is 7.39. The molecule has 0 bridgehead atoms. The Morgan fingerprint density at radius 3 is 2.57 bits per heavy atom. The molecule has 1 heterocycles. The zero-order valence-corrected chi connectivity index (χ0v) is 13.6. The van der Waals surface area contributed by atoms with E-state index in [1.54, 1.807) is 0 Å². The summed E-state index contributed by atoms with van der Waals surface area (Å²) in [5, 5.41) is 6.43. The summed E-state index contributed by atoms with van der Waals surface area (Å²) in [5.74, 6) is 1.56. The highest BCUT2D eigenvalue weighted by molar-refractivity contribution is 5.79. The van der Waals surface area contributed by atoms with Gasteiger partial charge in [-0.1, -0.05) is 20.8 Å². The van der Waals surface area contributed by atoms with E-state index in [2.05, 4.69) is 41.4 Å². The standard InChI is InChI=1S/C15H26N4O2/c1-6-7-16-13-11(4)14(18-9-17-13)19-12(8-10(2)3)15(20)21-5/h9-10,12H,6-8H2,1-5H3,(H2,16,17,18,19). The van der Waals surface area contributed by atoms with Gasteiger partial charge in [0.2, 0.25) is 0 Å². The normalized spacial score (nSPS) is 12.1. The SMILES string of the molecule is CCCNc1ncnc(NC(CC(C)C)C(=O)OC)c1C. The average molecular weight is 294 g/mol. The fraction of sp³-hybridized carbons (Fsp3) is 0.667. The number of ether oxygens (including phenoxy) is 1. The third kappa shape index (κ3) is 5.21. The molecule has 118 valence electrons. The molecule has 6 heteroatoms. The van der Waals surface area contributed by atoms with Gasteiger partial charge >= 0.3 is 5.97 Å². The van der Waals surface area contributed by atoms with Crippen molar-refractivity contribution in [2.24, 2.45) is 5.92 Å². The van der Waals surface area contributed by atoms with Crippen molar-refractivity contribution in [2.45, 2.75) is 46.6 Å². The van der Waals surface area contributed by atoms with Gasteiger partial charge in [0.1, 0.15) is 24.0 Å². The van der Waals surface area contributed by atoms with Crippen LogP contribution in [0.25, 0.3) is 0 Å². The molecule has 1 aromatic heterocycles. The number of hydrogen-bond acceptors (Lipinski definition) is 6. The smallest absolute Gasteiger partial charge is 0.328 e. The van der Waals surface area contributed by atoms with Crippen LogP contribution in [0.2, 0.25) is 0 Å². The van der Waals surface area contributed by atoms with Crippen molar-refractivity contribution in [3.63, 3.8) is 0 Å². The Bertz CT molecular complexity index is 463. The number of nitrogens with one attached hydrogen (secondary N) is 2. The van der Waals surface area contributed by atoms with E-state index >= 15 is 0 Å². The number of esters is 1. The molecule has 0 amide bonds. The van der Waals surface area contributed by atoms with Crippen LogP contribution in [0.5, 0.6) is 0 Å². The van der Waals surface area contributed by atoms with Crippen molar-refractivity contribution in [1.29, 1.82) is 0 Å². The molecule has 0 saturated carbocycles. The second-order valence-electron chi connectivity index (χ2n) is 5.47.